The van der Waals surface area contributed by atoms with E-state index in [-0.39, 0.29) is 6.03 Å². The van der Waals surface area contributed by atoms with Gasteiger partial charge in [-0.05, 0) is 19.4 Å². The summed E-state index contributed by atoms with van der Waals surface area (Å²) in [6, 6.07) is 3.54. The normalized spacial score (nSPS) is 9.76. The van der Waals surface area contributed by atoms with E-state index in [2.05, 4.69) is 15.6 Å². The summed E-state index contributed by atoms with van der Waals surface area (Å²) in [7, 11) is 0. The third-order valence-electron chi connectivity index (χ3n) is 2.11. The lowest BCUT2D eigenvalue weighted by molar-refractivity contribution is 0.240. The fourth-order valence-corrected chi connectivity index (χ4v) is 1.30. The molecule has 2 amide bonds. The Bertz CT molecular complexity index is 355. The first-order valence-corrected chi connectivity index (χ1v) is 5.86. The summed E-state index contributed by atoms with van der Waals surface area (Å²) >= 11 is 0. The molecule has 0 unspecified atom stereocenters. The van der Waals surface area contributed by atoms with Crippen LogP contribution in [0.3, 0.4) is 0 Å². The largest absolute Gasteiger partial charge is 0.478 e. The Balaban J connectivity index is 2.47. The minimum absolute atomic E-state index is 0.168. The fraction of sp³-hybridized carbons (Fsp3) is 0.500. The third kappa shape index (κ3) is 4.72. The molecule has 1 aromatic rings. The van der Waals surface area contributed by atoms with Gasteiger partial charge in [0.05, 0.1) is 6.61 Å². The molecule has 0 aliphatic carbocycles. The second-order valence-electron chi connectivity index (χ2n) is 3.51. The molecule has 0 spiro atoms. The van der Waals surface area contributed by atoms with Gasteiger partial charge in [-0.2, -0.15) is 0 Å². The number of pyridine rings is 1. The molecular formula is C12H19N3O2. The van der Waals surface area contributed by atoms with Crippen molar-refractivity contribution in [2.45, 2.75) is 26.8 Å². The molecule has 2 N–H and O–H groups in total. The van der Waals surface area contributed by atoms with Gasteiger partial charge in [0, 0.05) is 24.8 Å². The lowest BCUT2D eigenvalue weighted by Gasteiger charge is -2.10. The average Bonchev–Trinajstić information content (AvgIpc) is 2.35. The first-order chi connectivity index (χ1) is 8.27. The highest BCUT2D eigenvalue weighted by molar-refractivity contribution is 5.73. The third-order valence-corrected chi connectivity index (χ3v) is 2.11. The molecule has 5 nitrogen and oxygen atoms in total. The predicted octanol–water partition coefficient (Wildman–Crippen LogP) is 1.69. The molecule has 0 aromatic carbocycles. The van der Waals surface area contributed by atoms with Crippen molar-refractivity contribution < 1.29 is 9.53 Å². The van der Waals surface area contributed by atoms with Gasteiger partial charge in [-0.15, -0.1) is 0 Å². The van der Waals surface area contributed by atoms with Crippen LogP contribution in [0.15, 0.2) is 18.3 Å². The van der Waals surface area contributed by atoms with Crippen LogP contribution in [0.25, 0.3) is 0 Å². The molecule has 0 radical (unpaired) electrons. The summed E-state index contributed by atoms with van der Waals surface area (Å²) in [5, 5.41) is 5.51. The van der Waals surface area contributed by atoms with Gasteiger partial charge in [0.15, 0.2) is 0 Å². The molecule has 0 fully saturated rings. The first-order valence-electron chi connectivity index (χ1n) is 5.86. The molecule has 17 heavy (non-hydrogen) atoms. The number of carbonyl (C=O) groups is 1. The smallest absolute Gasteiger partial charge is 0.315 e. The van der Waals surface area contributed by atoms with E-state index >= 15 is 0 Å². The van der Waals surface area contributed by atoms with Crippen molar-refractivity contribution in [2.24, 2.45) is 0 Å². The van der Waals surface area contributed by atoms with Crippen molar-refractivity contribution in [1.29, 1.82) is 0 Å². The van der Waals surface area contributed by atoms with Crippen LogP contribution >= 0.6 is 0 Å². The lowest BCUT2D eigenvalue weighted by Crippen LogP contribution is -2.35. The minimum atomic E-state index is -0.168. The van der Waals surface area contributed by atoms with Crippen molar-refractivity contribution >= 4 is 6.03 Å². The SMILES string of the molecule is CCCNC(=O)NCc1cccnc1OCC. The predicted molar refractivity (Wildman–Crippen MR) is 65.9 cm³/mol. The maximum atomic E-state index is 11.4. The Morgan fingerprint density at radius 3 is 2.94 bits per heavy atom. The van der Waals surface area contributed by atoms with E-state index in [1.54, 1.807) is 6.20 Å². The number of hydrogen-bond donors (Lipinski definition) is 2. The van der Waals surface area contributed by atoms with E-state index in [9.17, 15) is 4.79 Å². The summed E-state index contributed by atoms with van der Waals surface area (Å²) in [5.74, 6) is 0.575. The van der Waals surface area contributed by atoms with Gasteiger partial charge in [0.1, 0.15) is 0 Å². The summed E-state index contributed by atoms with van der Waals surface area (Å²) in [6.07, 6.45) is 2.59. The molecule has 0 aliphatic heterocycles. The second kappa shape index (κ2) is 7.49. The molecule has 0 saturated carbocycles. The highest BCUT2D eigenvalue weighted by atomic mass is 16.5. The van der Waals surface area contributed by atoms with Crippen LogP contribution in [0.1, 0.15) is 25.8 Å². The van der Waals surface area contributed by atoms with Gasteiger partial charge >= 0.3 is 6.03 Å². The number of nitrogens with one attached hydrogen (secondary N) is 2. The molecule has 0 bridgehead atoms. The second-order valence-corrected chi connectivity index (χ2v) is 3.51. The topological polar surface area (TPSA) is 63.2 Å². The average molecular weight is 237 g/mol. The van der Waals surface area contributed by atoms with E-state index in [1.165, 1.54) is 0 Å². The van der Waals surface area contributed by atoms with Gasteiger partial charge in [-0.25, -0.2) is 9.78 Å². The van der Waals surface area contributed by atoms with Crippen LogP contribution in [0.2, 0.25) is 0 Å². The zero-order chi connectivity index (χ0) is 12.5. The number of nitrogens with zero attached hydrogens (tertiary/aromatic N) is 1. The van der Waals surface area contributed by atoms with Crippen LogP contribution in [0.4, 0.5) is 4.79 Å². The van der Waals surface area contributed by atoms with Crippen LogP contribution in [-0.4, -0.2) is 24.2 Å². The molecule has 1 rings (SSSR count). The summed E-state index contributed by atoms with van der Waals surface area (Å²) in [5.41, 5.74) is 0.876. The molecule has 94 valence electrons. The Morgan fingerprint density at radius 2 is 2.24 bits per heavy atom. The monoisotopic (exact) mass is 237 g/mol. The lowest BCUT2D eigenvalue weighted by atomic mass is 10.2. The number of amides is 2. The number of hydrogen-bond acceptors (Lipinski definition) is 3. The number of rotatable bonds is 6. The van der Waals surface area contributed by atoms with Crippen molar-refractivity contribution in [1.82, 2.24) is 15.6 Å². The molecule has 0 atom stereocenters. The molecule has 1 aromatic heterocycles. The Morgan fingerprint density at radius 1 is 1.41 bits per heavy atom. The number of carbonyl (C=O) groups excluding carboxylic acids is 1. The highest BCUT2D eigenvalue weighted by Gasteiger charge is 2.05. The summed E-state index contributed by atoms with van der Waals surface area (Å²) in [4.78, 5) is 15.5. The zero-order valence-corrected chi connectivity index (χ0v) is 10.3. The van der Waals surface area contributed by atoms with E-state index < -0.39 is 0 Å². The van der Waals surface area contributed by atoms with E-state index in [1.807, 2.05) is 26.0 Å². The fourth-order valence-electron chi connectivity index (χ4n) is 1.30. The molecular weight excluding hydrogens is 218 g/mol. The Kier molecular flexibility index (Phi) is 5.85. The number of ether oxygens (including phenoxy) is 1. The maximum Gasteiger partial charge on any atom is 0.315 e. The van der Waals surface area contributed by atoms with E-state index in [4.69, 9.17) is 4.74 Å². The van der Waals surface area contributed by atoms with Gasteiger partial charge in [0.2, 0.25) is 5.88 Å². The quantitative estimate of drug-likeness (QED) is 0.791. The summed E-state index contributed by atoms with van der Waals surface area (Å²) < 4.78 is 5.37. The van der Waals surface area contributed by atoms with Crippen molar-refractivity contribution in [3.05, 3.63) is 23.9 Å². The van der Waals surface area contributed by atoms with Crippen molar-refractivity contribution in [3.8, 4) is 5.88 Å². The van der Waals surface area contributed by atoms with Crippen LogP contribution < -0.4 is 15.4 Å². The highest BCUT2D eigenvalue weighted by Crippen LogP contribution is 2.13. The van der Waals surface area contributed by atoms with Crippen molar-refractivity contribution in [2.75, 3.05) is 13.2 Å². The van der Waals surface area contributed by atoms with Gasteiger partial charge in [-0.1, -0.05) is 13.0 Å². The molecule has 5 heteroatoms. The summed E-state index contributed by atoms with van der Waals surface area (Å²) in [6.45, 7) is 5.57. The molecule has 1 heterocycles. The Hall–Kier alpha value is -1.78. The van der Waals surface area contributed by atoms with Crippen molar-refractivity contribution in [3.63, 3.8) is 0 Å². The molecule has 0 saturated heterocycles. The van der Waals surface area contributed by atoms with Gasteiger partial charge in [-0.3, -0.25) is 0 Å². The first kappa shape index (κ1) is 13.3. The zero-order valence-electron chi connectivity index (χ0n) is 10.3. The minimum Gasteiger partial charge on any atom is -0.478 e. The standard InChI is InChI=1S/C12H19N3O2/c1-3-7-14-12(16)15-9-10-6-5-8-13-11(10)17-4-2/h5-6,8H,3-4,7,9H2,1-2H3,(H2,14,15,16). The van der Waals surface area contributed by atoms with Gasteiger partial charge < -0.3 is 15.4 Å². The Labute approximate surface area is 102 Å². The number of urea groups is 1. The maximum absolute atomic E-state index is 11.4. The number of aromatic nitrogens is 1. The van der Waals surface area contributed by atoms with Crippen LogP contribution in [0.5, 0.6) is 5.88 Å². The van der Waals surface area contributed by atoms with Gasteiger partial charge in [0.25, 0.3) is 0 Å². The van der Waals surface area contributed by atoms with E-state index in [0.717, 1.165) is 12.0 Å². The van der Waals surface area contributed by atoms with Crippen LogP contribution in [0, 0.1) is 0 Å². The van der Waals surface area contributed by atoms with E-state index in [0.29, 0.717) is 25.6 Å². The van der Waals surface area contributed by atoms with Crippen LogP contribution in [-0.2, 0) is 6.54 Å². The molecule has 0 aliphatic rings.